The smallest absolute Gasteiger partial charge is 0.137 e. The molecule has 0 spiro atoms. The summed E-state index contributed by atoms with van der Waals surface area (Å²) in [6.45, 7) is 6.13. The summed E-state index contributed by atoms with van der Waals surface area (Å²) in [6, 6.07) is 6.68. The van der Waals surface area contributed by atoms with Gasteiger partial charge in [-0.1, -0.05) is 26.8 Å². The number of benzene rings is 1. The highest BCUT2D eigenvalue weighted by Gasteiger charge is 2.19. The molecule has 1 nitrogen and oxygen atoms in total. The molecule has 1 aromatic heterocycles. The van der Waals surface area contributed by atoms with Crippen molar-refractivity contribution in [3.8, 4) is 0 Å². The molecule has 0 N–H and O–H groups in total. The van der Waals surface area contributed by atoms with Gasteiger partial charge in [-0.3, -0.25) is 0 Å². The Morgan fingerprint density at radius 1 is 1.21 bits per heavy atom. The van der Waals surface area contributed by atoms with E-state index in [0.717, 1.165) is 5.76 Å². The first-order chi connectivity index (χ1) is 6.48. The zero-order valence-electron chi connectivity index (χ0n) is 8.60. The van der Waals surface area contributed by atoms with Gasteiger partial charge in [-0.2, -0.15) is 0 Å². The van der Waals surface area contributed by atoms with Gasteiger partial charge in [-0.05, 0) is 18.2 Å². The lowest BCUT2D eigenvalue weighted by molar-refractivity contribution is 0.430. The first-order valence-corrected chi connectivity index (χ1v) is 4.67. The molecule has 0 atom stereocenters. The highest BCUT2D eigenvalue weighted by Crippen LogP contribution is 2.29. The van der Waals surface area contributed by atoms with E-state index in [9.17, 15) is 4.39 Å². The molecule has 14 heavy (non-hydrogen) atoms. The summed E-state index contributed by atoms with van der Waals surface area (Å²) in [4.78, 5) is 0. The lowest BCUT2D eigenvalue weighted by atomic mass is 9.93. The maximum absolute atomic E-state index is 13.3. The van der Waals surface area contributed by atoms with Crippen molar-refractivity contribution in [2.75, 3.05) is 0 Å². The highest BCUT2D eigenvalue weighted by molar-refractivity contribution is 5.78. The number of fused-ring (bicyclic) bond motifs is 1. The van der Waals surface area contributed by atoms with Gasteiger partial charge in [0.25, 0.3) is 0 Å². The van der Waals surface area contributed by atoms with E-state index >= 15 is 0 Å². The summed E-state index contributed by atoms with van der Waals surface area (Å²) in [5.74, 6) is 0.597. The van der Waals surface area contributed by atoms with Gasteiger partial charge in [0.1, 0.15) is 17.2 Å². The minimum Gasteiger partial charge on any atom is -0.460 e. The number of hydrogen-bond acceptors (Lipinski definition) is 1. The van der Waals surface area contributed by atoms with Gasteiger partial charge in [0.15, 0.2) is 0 Å². The van der Waals surface area contributed by atoms with E-state index < -0.39 is 0 Å². The minimum absolute atomic E-state index is 0.0779. The summed E-state index contributed by atoms with van der Waals surface area (Å²) in [7, 11) is 0. The standard InChI is InChI=1S/C12H13FO/c1-12(2,3)11-7-8-9(13)5-4-6-10(8)14-11/h4-7H,1-3H3. The molecule has 0 saturated carbocycles. The van der Waals surface area contributed by atoms with Gasteiger partial charge < -0.3 is 4.42 Å². The van der Waals surface area contributed by atoms with Crippen LogP contribution in [-0.4, -0.2) is 0 Å². The molecular formula is C12H13FO. The molecular weight excluding hydrogens is 179 g/mol. The second kappa shape index (κ2) is 2.84. The molecule has 1 heterocycles. The third kappa shape index (κ3) is 1.41. The van der Waals surface area contributed by atoms with E-state index in [0.29, 0.717) is 11.0 Å². The monoisotopic (exact) mass is 192 g/mol. The van der Waals surface area contributed by atoms with Gasteiger partial charge in [0, 0.05) is 5.41 Å². The summed E-state index contributed by atoms with van der Waals surface area (Å²) >= 11 is 0. The largest absolute Gasteiger partial charge is 0.460 e. The van der Waals surface area contributed by atoms with E-state index in [1.54, 1.807) is 18.2 Å². The van der Waals surface area contributed by atoms with Crippen molar-refractivity contribution in [2.24, 2.45) is 0 Å². The number of furan rings is 1. The van der Waals surface area contributed by atoms with Crippen LogP contribution >= 0.6 is 0 Å². The van der Waals surface area contributed by atoms with Crippen molar-refractivity contribution in [1.29, 1.82) is 0 Å². The minimum atomic E-state index is -0.221. The lowest BCUT2D eigenvalue weighted by Gasteiger charge is -2.13. The topological polar surface area (TPSA) is 13.1 Å². The van der Waals surface area contributed by atoms with Crippen LogP contribution in [0.1, 0.15) is 26.5 Å². The number of rotatable bonds is 0. The van der Waals surface area contributed by atoms with E-state index in [2.05, 4.69) is 0 Å². The van der Waals surface area contributed by atoms with Gasteiger partial charge in [0.05, 0.1) is 5.39 Å². The predicted molar refractivity (Wildman–Crippen MR) is 54.9 cm³/mol. The van der Waals surface area contributed by atoms with Crippen molar-refractivity contribution in [2.45, 2.75) is 26.2 Å². The molecule has 2 aromatic rings. The fourth-order valence-electron chi connectivity index (χ4n) is 1.39. The van der Waals surface area contributed by atoms with Crippen molar-refractivity contribution in [1.82, 2.24) is 0 Å². The van der Waals surface area contributed by atoms with E-state index in [4.69, 9.17) is 4.42 Å². The summed E-state index contributed by atoms with van der Waals surface area (Å²) in [6.07, 6.45) is 0. The van der Waals surface area contributed by atoms with Gasteiger partial charge in [-0.25, -0.2) is 4.39 Å². The first kappa shape index (κ1) is 9.25. The Morgan fingerprint density at radius 2 is 1.93 bits per heavy atom. The van der Waals surface area contributed by atoms with Crippen LogP contribution in [0.2, 0.25) is 0 Å². The van der Waals surface area contributed by atoms with E-state index in [1.807, 2.05) is 20.8 Å². The predicted octanol–water partition coefficient (Wildman–Crippen LogP) is 3.87. The Hall–Kier alpha value is -1.31. The van der Waals surface area contributed by atoms with Crippen LogP contribution in [0.5, 0.6) is 0 Å². The Balaban J connectivity index is 2.69. The molecule has 0 saturated heterocycles. The van der Waals surface area contributed by atoms with Crippen LogP contribution in [0.4, 0.5) is 4.39 Å². The molecule has 0 bridgehead atoms. The van der Waals surface area contributed by atoms with Gasteiger partial charge in [0.2, 0.25) is 0 Å². The molecule has 1 aromatic carbocycles. The Labute approximate surface area is 82.5 Å². The third-order valence-electron chi connectivity index (χ3n) is 2.25. The fourth-order valence-corrected chi connectivity index (χ4v) is 1.39. The summed E-state index contributed by atoms with van der Waals surface area (Å²) in [5.41, 5.74) is 0.542. The van der Waals surface area contributed by atoms with Crippen LogP contribution < -0.4 is 0 Å². The average molecular weight is 192 g/mol. The van der Waals surface area contributed by atoms with Crippen LogP contribution in [0.3, 0.4) is 0 Å². The quantitative estimate of drug-likeness (QED) is 0.617. The van der Waals surface area contributed by atoms with Crippen LogP contribution in [0, 0.1) is 5.82 Å². The highest BCUT2D eigenvalue weighted by atomic mass is 19.1. The van der Waals surface area contributed by atoms with Crippen molar-refractivity contribution in [3.05, 3.63) is 35.8 Å². The van der Waals surface area contributed by atoms with Crippen LogP contribution in [0.25, 0.3) is 11.0 Å². The maximum Gasteiger partial charge on any atom is 0.137 e. The Bertz CT molecular complexity index is 463. The van der Waals surface area contributed by atoms with Crippen molar-refractivity contribution < 1.29 is 8.81 Å². The van der Waals surface area contributed by atoms with E-state index in [-0.39, 0.29) is 11.2 Å². The second-order valence-corrected chi connectivity index (χ2v) is 4.51. The van der Waals surface area contributed by atoms with Crippen LogP contribution in [-0.2, 0) is 5.41 Å². The summed E-state index contributed by atoms with van der Waals surface area (Å²) < 4.78 is 18.9. The fraction of sp³-hybridized carbons (Fsp3) is 0.333. The Kier molecular flexibility index (Phi) is 1.88. The van der Waals surface area contributed by atoms with Crippen molar-refractivity contribution >= 4 is 11.0 Å². The maximum atomic E-state index is 13.3. The number of halogens is 1. The number of hydrogen-bond donors (Lipinski definition) is 0. The summed E-state index contributed by atoms with van der Waals surface area (Å²) in [5, 5.41) is 0.567. The lowest BCUT2D eigenvalue weighted by Crippen LogP contribution is -2.08. The SMILES string of the molecule is CC(C)(C)c1cc2c(F)cccc2o1. The molecule has 0 aliphatic heterocycles. The Morgan fingerprint density at radius 3 is 2.50 bits per heavy atom. The second-order valence-electron chi connectivity index (χ2n) is 4.51. The average Bonchev–Trinajstić information content (AvgIpc) is 2.48. The first-order valence-electron chi connectivity index (χ1n) is 4.67. The molecule has 2 rings (SSSR count). The van der Waals surface area contributed by atoms with E-state index in [1.165, 1.54) is 6.07 Å². The van der Waals surface area contributed by atoms with Gasteiger partial charge in [-0.15, -0.1) is 0 Å². The molecule has 0 fully saturated rings. The molecule has 0 aliphatic rings. The van der Waals surface area contributed by atoms with Gasteiger partial charge >= 0.3 is 0 Å². The molecule has 0 radical (unpaired) electrons. The third-order valence-corrected chi connectivity index (χ3v) is 2.25. The molecule has 74 valence electrons. The van der Waals surface area contributed by atoms with Crippen molar-refractivity contribution in [3.63, 3.8) is 0 Å². The molecule has 2 heteroatoms. The normalized spacial score (nSPS) is 12.3. The molecule has 0 aliphatic carbocycles. The molecule has 0 amide bonds. The molecule has 0 unspecified atom stereocenters. The van der Waals surface area contributed by atoms with Crippen LogP contribution in [0.15, 0.2) is 28.7 Å². The zero-order valence-corrected chi connectivity index (χ0v) is 8.60. The zero-order chi connectivity index (χ0) is 10.3.